The van der Waals surface area contributed by atoms with Crippen LogP contribution in [0.2, 0.25) is 0 Å². The molecule has 0 radical (unpaired) electrons. The van der Waals surface area contributed by atoms with Crippen molar-refractivity contribution < 1.29 is 13.6 Å². The topological polar surface area (TPSA) is 35.5 Å². The van der Waals surface area contributed by atoms with E-state index >= 15 is 0 Å². The number of hydrogen-bond donors (Lipinski definition) is 0. The van der Waals surface area contributed by atoms with Crippen molar-refractivity contribution in [3.8, 4) is 0 Å². The Morgan fingerprint density at radius 1 is 1.00 bits per heavy atom. The Kier molecular flexibility index (Phi) is 5.54. The van der Waals surface area contributed by atoms with E-state index in [1.807, 2.05) is 61.5 Å². The highest BCUT2D eigenvalue weighted by atomic mass is 31.2. The molecule has 0 saturated carbocycles. The summed E-state index contributed by atoms with van der Waals surface area (Å²) in [4.78, 5) is 0. The van der Waals surface area contributed by atoms with Gasteiger partial charge in [0.1, 0.15) is 5.31 Å². The minimum Gasteiger partial charge on any atom is -0.308 e. The van der Waals surface area contributed by atoms with Crippen molar-refractivity contribution in [1.82, 2.24) is 0 Å². The molecule has 0 bridgehead atoms. The lowest BCUT2D eigenvalue weighted by molar-refractivity contribution is 0.288. The van der Waals surface area contributed by atoms with E-state index in [9.17, 15) is 4.57 Å². The average molecular weight is 314 g/mol. The Bertz CT molecular complexity index is 719. The molecule has 2 rings (SSSR count). The Balaban J connectivity index is 2.58. The summed E-state index contributed by atoms with van der Waals surface area (Å²) in [5.74, 6) is 0. The number of rotatable bonds is 5. The standard InChI is InChI=1S/C18H19O3P/c1-15-9-12-17(13-10-15)18(22(19,20-2)21-3)14-11-16-7-5-4-6-8-16/h4-13H,1-3H3. The first-order valence-electron chi connectivity index (χ1n) is 6.90. The zero-order valence-corrected chi connectivity index (χ0v) is 13.8. The molecule has 4 heteroatoms. The molecule has 0 saturated heterocycles. The molecule has 0 atom stereocenters. The first kappa shape index (κ1) is 16.5. The van der Waals surface area contributed by atoms with Crippen LogP contribution >= 0.6 is 7.60 Å². The van der Waals surface area contributed by atoms with Gasteiger partial charge in [-0.05, 0) is 24.1 Å². The van der Waals surface area contributed by atoms with Crippen molar-refractivity contribution in [2.45, 2.75) is 6.92 Å². The van der Waals surface area contributed by atoms with Gasteiger partial charge in [-0.2, -0.15) is 0 Å². The van der Waals surface area contributed by atoms with E-state index in [0.29, 0.717) is 5.31 Å². The third-order valence-corrected chi connectivity index (χ3v) is 5.15. The van der Waals surface area contributed by atoms with Crippen LogP contribution in [-0.4, -0.2) is 14.2 Å². The van der Waals surface area contributed by atoms with Gasteiger partial charge >= 0.3 is 7.60 Å². The fourth-order valence-electron chi connectivity index (χ4n) is 1.99. The second-order valence-corrected chi connectivity index (χ2v) is 6.95. The highest BCUT2D eigenvalue weighted by molar-refractivity contribution is 7.65. The van der Waals surface area contributed by atoms with E-state index < -0.39 is 7.60 Å². The zero-order chi connectivity index (χ0) is 16.0. The van der Waals surface area contributed by atoms with Gasteiger partial charge < -0.3 is 9.05 Å². The fraction of sp³-hybridized carbons (Fsp3) is 0.167. The number of hydrogen-bond acceptors (Lipinski definition) is 3. The van der Waals surface area contributed by atoms with Crippen molar-refractivity contribution in [3.05, 3.63) is 77.0 Å². The van der Waals surface area contributed by atoms with Gasteiger partial charge in [-0.3, -0.25) is 4.57 Å². The summed E-state index contributed by atoms with van der Waals surface area (Å²) in [5.41, 5.74) is 5.95. The molecule has 0 aliphatic rings. The van der Waals surface area contributed by atoms with Gasteiger partial charge in [0.25, 0.3) is 0 Å². The van der Waals surface area contributed by atoms with Crippen LogP contribution in [0, 0.1) is 6.92 Å². The van der Waals surface area contributed by atoms with Crippen LogP contribution in [0.3, 0.4) is 0 Å². The monoisotopic (exact) mass is 314 g/mol. The Morgan fingerprint density at radius 2 is 1.59 bits per heavy atom. The summed E-state index contributed by atoms with van der Waals surface area (Å²) in [6, 6.07) is 17.4. The molecule has 114 valence electrons. The Labute approximate surface area is 131 Å². The van der Waals surface area contributed by atoms with Crippen molar-refractivity contribution >= 4 is 19.0 Å². The first-order chi connectivity index (χ1) is 10.6. The van der Waals surface area contributed by atoms with Crippen molar-refractivity contribution in [3.63, 3.8) is 0 Å². The Morgan fingerprint density at radius 3 is 2.14 bits per heavy atom. The second-order valence-electron chi connectivity index (χ2n) is 4.78. The van der Waals surface area contributed by atoms with Crippen LogP contribution in [0.5, 0.6) is 0 Å². The molecule has 3 nitrogen and oxygen atoms in total. The molecule has 0 fully saturated rings. The maximum atomic E-state index is 12.8. The van der Waals surface area contributed by atoms with E-state index in [1.165, 1.54) is 14.2 Å². The van der Waals surface area contributed by atoms with Crippen molar-refractivity contribution in [2.24, 2.45) is 0 Å². The van der Waals surface area contributed by atoms with Gasteiger partial charge in [0.15, 0.2) is 0 Å². The lowest BCUT2D eigenvalue weighted by Gasteiger charge is -2.15. The van der Waals surface area contributed by atoms with Crippen LogP contribution in [-0.2, 0) is 13.6 Å². The summed E-state index contributed by atoms with van der Waals surface area (Å²) in [7, 11) is -0.636. The van der Waals surface area contributed by atoms with E-state index in [2.05, 4.69) is 5.73 Å². The van der Waals surface area contributed by atoms with Crippen LogP contribution in [0.1, 0.15) is 16.7 Å². The normalized spacial score (nSPS) is 10.9. The SMILES string of the molecule is COP(=O)(OC)C(=C=Cc1ccccc1)c1ccc(C)cc1. The van der Waals surface area contributed by atoms with E-state index in [1.54, 1.807) is 6.08 Å². The van der Waals surface area contributed by atoms with Gasteiger partial charge in [-0.1, -0.05) is 60.2 Å². The molecule has 0 aromatic heterocycles. The van der Waals surface area contributed by atoms with Crippen LogP contribution in [0.25, 0.3) is 11.4 Å². The molecule has 0 amide bonds. The lowest BCUT2D eigenvalue weighted by atomic mass is 10.1. The fourth-order valence-corrected chi connectivity index (χ4v) is 3.19. The van der Waals surface area contributed by atoms with Gasteiger partial charge in [0.2, 0.25) is 0 Å². The molecule has 2 aromatic rings. The number of benzene rings is 2. The maximum Gasteiger partial charge on any atom is 0.369 e. The van der Waals surface area contributed by atoms with E-state index in [-0.39, 0.29) is 0 Å². The van der Waals surface area contributed by atoms with Crippen LogP contribution in [0.4, 0.5) is 0 Å². The molecule has 0 aliphatic heterocycles. The molecular weight excluding hydrogens is 295 g/mol. The first-order valence-corrected chi connectivity index (χ1v) is 8.44. The highest BCUT2D eigenvalue weighted by Gasteiger charge is 2.28. The molecule has 0 spiro atoms. The minimum atomic E-state index is -3.39. The summed E-state index contributed by atoms with van der Waals surface area (Å²) in [6.07, 6.45) is 1.78. The van der Waals surface area contributed by atoms with Gasteiger partial charge in [-0.25, -0.2) is 0 Å². The smallest absolute Gasteiger partial charge is 0.308 e. The summed E-state index contributed by atoms with van der Waals surface area (Å²) in [5, 5.41) is 0.418. The van der Waals surface area contributed by atoms with Crippen molar-refractivity contribution in [2.75, 3.05) is 14.2 Å². The summed E-state index contributed by atoms with van der Waals surface area (Å²) >= 11 is 0. The van der Waals surface area contributed by atoms with Gasteiger partial charge in [0.05, 0.1) is 0 Å². The van der Waals surface area contributed by atoms with E-state index in [0.717, 1.165) is 16.7 Å². The third-order valence-electron chi connectivity index (χ3n) is 3.25. The van der Waals surface area contributed by atoms with Crippen LogP contribution < -0.4 is 0 Å². The molecule has 2 aromatic carbocycles. The number of aryl methyl sites for hydroxylation is 1. The Hall–Kier alpha value is -1.89. The minimum absolute atomic E-state index is 0.418. The van der Waals surface area contributed by atoms with Crippen molar-refractivity contribution in [1.29, 1.82) is 0 Å². The lowest BCUT2D eigenvalue weighted by Crippen LogP contribution is -1.92. The van der Waals surface area contributed by atoms with Crippen LogP contribution in [0.15, 0.2) is 60.3 Å². The third kappa shape index (κ3) is 3.85. The van der Waals surface area contributed by atoms with Gasteiger partial charge in [0, 0.05) is 14.2 Å². The molecule has 0 N–H and O–H groups in total. The quantitative estimate of drug-likeness (QED) is 0.566. The predicted octanol–water partition coefficient (Wildman–Crippen LogP) is 5.13. The molecule has 0 unspecified atom stereocenters. The zero-order valence-electron chi connectivity index (χ0n) is 12.9. The molecule has 0 heterocycles. The highest BCUT2D eigenvalue weighted by Crippen LogP contribution is 2.58. The molecule has 0 aliphatic carbocycles. The molecule has 22 heavy (non-hydrogen) atoms. The van der Waals surface area contributed by atoms with E-state index in [4.69, 9.17) is 9.05 Å². The predicted molar refractivity (Wildman–Crippen MR) is 90.6 cm³/mol. The summed E-state index contributed by atoms with van der Waals surface area (Å²) < 4.78 is 23.1. The largest absolute Gasteiger partial charge is 0.369 e. The summed E-state index contributed by atoms with van der Waals surface area (Å²) in [6.45, 7) is 2.00. The molecular formula is C18H19O3P. The van der Waals surface area contributed by atoms with Gasteiger partial charge in [-0.15, -0.1) is 5.73 Å². The maximum absolute atomic E-state index is 12.8. The average Bonchev–Trinajstić information content (AvgIpc) is 2.57. The second kappa shape index (κ2) is 7.40.